The third-order valence-corrected chi connectivity index (χ3v) is 4.79. The van der Waals surface area contributed by atoms with Crippen LogP contribution in [0.5, 0.6) is 0 Å². The molecule has 5 heteroatoms. The summed E-state index contributed by atoms with van der Waals surface area (Å²) in [5.74, 6) is 0.751. The minimum absolute atomic E-state index is 0.432. The van der Waals surface area contributed by atoms with Gasteiger partial charge in [-0.3, -0.25) is 4.68 Å². The Morgan fingerprint density at radius 2 is 2.15 bits per heavy atom. The summed E-state index contributed by atoms with van der Waals surface area (Å²) in [6, 6.07) is 0.432. The van der Waals surface area contributed by atoms with Crippen LogP contribution in [-0.2, 0) is 6.54 Å². The molecule has 0 aliphatic heterocycles. The van der Waals surface area contributed by atoms with Gasteiger partial charge in [0.05, 0.1) is 29.0 Å². The predicted molar refractivity (Wildman–Crippen MR) is 86.9 cm³/mol. The fourth-order valence-electron chi connectivity index (χ4n) is 3.15. The lowest BCUT2D eigenvalue weighted by atomic mass is 9.95. The molecule has 0 aromatic carbocycles. The first-order valence-corrected chi connectivity index (χ1v) is 8.52. The topological polar surface area (TPSA) is 33.1 Å². The second-order valence-corrected chi connectivity index (χ2v) is 6.84. The van der Waals surface area contributed by atoms with Crippen molar-refractivity contribution in [1.82, 2.24) is 20.0 Å². The molecule has 0 bridgehead atoms. The van der Waals surface area contributed by atoms with Gasteiger partial charge in [0.15, 0.2) is 0 Å². The Kier molecular flexibility index (Phi) is 6.05. The van der Waals surface area contributed by atoms with Crippen LogP contribution in [0, 0.1) is 5.92 Å². The van der Waals surface area contributed by atoms with Gasteiger partial charge in [-0.2, -0.15) is 5.10 Å². The SMILES string of the molecule is CCNC(c1c(Br)cnn1CCN(C)C)C1CCCC1. The van der Waals surface area contributed by atoms with Gasteiger partial charge in [0.1, 0.15) is 0 Å². The van der Waals surface area contributed by atoms with Crippen LogP contribution in [0.3, 0.4) is 0 Å². The van der Waals surface area contributed by atoms with Crippen molar-refractivity contribution in [3.8, 4) is 0 Å². The van der Waals surface area contributed by atoms with Crippen molar-refractivity contribution in [2.45, 2.75) is 45.2 Å². The molecule has 1 aliphatic carbocycles. The van der Waals surface area contributed by atoms with Crippen molar-refractivity contribution < 1.29 is 0 Å². The molecule has 2 rings (SSSR count). The summed E-state index contributed by atoms with van der Waals surface area (Å²) in [6.07, 6.45) is 7.36. The summed E-state index contributed by atoms with van der Waals surface area (Å²) in [7, 11) is 4.22. The van der Waals surface area contributed by atoms with Gasteiger partial charge in [-0.25, -0.2) is 0 Å². The second-order valence-electron chi connectivity index (χ2n) is 5.98. The molecule has 1 saturated carbocycles. The van der Waals surface area contributed by atoms with Crippen LogP contribution in [0.2, 0.25) is 0 Å². The largest absolute Gasteiger partial charge is 0.309 e. The van der Waals surface area contributed by atoms with E-state index in [-0.39, 0.29) is 0 Å². The van der Waals surface area contributed by atoms with E-state index in [1.807, 2.05) is 6.20 Å². The maximum Gasteiger partial charge on any atom is 0.0699 e. The zero-order valence-corrected chi connectivity index (χ0v) is 14.5. The summed E-state index contributed by atoms with van der Waals surface area (Å²) >= 11 is 3.70. The first kappa shape index (κ1) is 16.0. The molecule has 1 N–H and O–H groups in total. The van der Waals surface area contributed by atoms with Crippen molar-refractivity contribution >= 4 is 15.9 Å². The van der Waals surface area contributed by atoms with Gasteiger partial charge < -0.3 is 10.2 Å². The molecule has 1 heterocycles. The minimum atomic E-state index is 0.432. The highest BCUT2D eigenvalue weighted by Crippen LogP contribution is 2.38. The van der Waals surface area contributed by atoms with E-state index in [1.54, 1.807) is 0 Å². The molecule has 4 nitrogen and oxygen atoms in total. The molecule has 1 aromatic heterocycles. The zero-order chi connectivity index (χ0) is 14.5. The molecule has 114 valence electrons. The van der Waals surface area contributed by atoms with Crippen LogP contribution >= 0.6 is 15.9 Å². The smallest absolute Gasteiger partial charge is 0.0699 e. The molecule has 1 unspecified atom stereocenters. The first-order chi connectivity index (χ1) is 9.63. The molecule has 1 aromatic rings. The molecule has 0 radical (unpaired) electrons. The lowest BCUT2D eigenvalue weighted by Gasteiger charge is -2.26. The predicted octanol–water partition coefficient (Wildman–Crippen LogP) is 3.05. The van der Waals surface area contributed by atoms with Crippen LogP contribution in [0.4, 0.5) is 0 Å². The highest BCUT2D eigenvalue weighted by atomic mass is 79.9. The number of hydrogen-bond acceptors (Lipinski definition) is 3. The number of hydrogen-bond donors (Lipinski definition) is 1. The van der Waals surface area contributed by atoms with Crippen molar-refractivity contribution in [3.63, 3.8) is 0 Å². The molecule has 0 saturated heterocycles. The lowest BCUT2D eigenvalue weighted by Crippen LogP contribution is -2.31. The van der Waals surface area contributed by atoms with E-state index in [0.29, 0.717) is 6.04 Å². The van der Waals surface area contributed by atoms with E-state index in [0.717, 1.165) is 30.0 Å². The summed E-state index contributed by atoms with van der Waals surface area (Å²) in [6.45, 7) is 5.16. The Balaban J connectivity index is 2.19. The van der Waals surface area contributed by atoms with Crippen LogP contribution in [0.1, 0.15) is 44.3 Å². The fraction of sp³-hybridized carbons (Fsp3) is 0.800. The van der Waals surface area contributed by atoms with E-state index in [4.69, 9.17) is 0 Å². The molecule has 1 fully saturated rings. The van der Waals surface area contributed by atoms with Crippen LogP contribution < -0.4 is 5.32 Å². The Morgan fingerprint density at radius 1 is 1.45 bits per heavy atom. The van der Waals surface area contributed by atoms with Crippen molar-refractivity contribution in [3.05, 3.63) is 16.4 Å². The van der Waals surface area contributed by atoms with Gasteiger partial charge in [0.25, 0.3) is 0 Å². The number of halogens is 1. The molecule has 0 spiro atoms. The van der Waals surface area contributed by atoms with Gasteiger partial charge in [0.2, 0.25) is 0 Å². The lowest BCUT2D eigenvalue weighted by molar-refractivity contribution is 0.329. The average molecular weight is 343 g/mol. The van der Waals surface area contributed by atoms with Crippen molar-refractivity contribution in [2.75, 3.05) is 27.2 Å². The maximum atomic E-state index is 4.57. The molecule has 20 heavy (non-hydrogen) atoms. The molecule has 1 atom stereocenters. The normalized spacial score (nSPS) is 18.1. The highest BCUT2D eigenvalue weighted by molar-refractivity contribution is 9.10. The van der Waals surface area contributed by atoms with E-state index in [2.05, 4.69) is 56.9 Å². The number of aromatic nitrogens is 2. The first-order valence-electron chi connectivity index (χ1n) is 7.72. The molecule has 1 aliphatic rings. The Hall–Kier alpha value is -0.390. The monoisotopic (exact) mass is 342 g/mol. The third-order valence-electron chi connectivity index (χ3n) is 4.18. The Labute approximate surface area is 131 Å². The molecule has 0 amide bonds. The summed E-state index contributed by atoms with van der Waals surface area (Å²) in [5.41, 5.74) is 1.33. The van der Waals surface area contributed by atoms with Gasteiger partial charge in [-0.1, -0.05) is 19.8 Å². The van der Waals surface area contributed by atoms with Crippen LogP contribution in [0.15, 0.2) is 10.7 Å². The summed E-state index contributed by atoms with van der Waals surface area (Å²) < 4.78 is 3.32. The van der Waals surface area contributed by atoms with E-state index in [1.165, 1.54) is 31.4 Å². The van der Waals surface area contributed by atoms with Crippen molar-refractivity contribution in [1.29, 1.82) is 0 Å². The molecular formula is C15H27BrN4. The minimum Gasteiger partial charge on any atom is -0.309 e. The standard InChI is InChI=1S/C15H27BrN4/c1-4-17-14(12-7-5-6-8-12)15-13(16)11-18-20(15)10-9-19(2)3/h11-12,14,17H,4-10H2,1-3H3. The van der Waals surface area contributed by atoms with Crippen molar-refractivity contribution in [2.24, 2.45) is 5.92 Å². The Morgan fingerprint density at radius 3 is 2.75 bits per heavy atom. The van der Waals surface area contributed by atoms with Gasteiger partial charge >= 0.3 is 0 Å². The van der Waals surface area contributed by atoms with Gasteiger partial charge in [0, 0.05) is 6.54 Å². The van der Waals surface area contributed by atoms with Crippen LogP contribution in [0.25, 0.3) is 0 Å². The third kappa shape index (κ3) is 3.83. The number of nitrogens with one attached hydrogen (secondary N) is 1. The zero-order valence-electron chi connectivity index (χ0n) is 12.9. The highest BCUT2D eigenvalue weighted by Gasteiger charge is 2.29. The Bertz CT molecular complexity index is 410. The quantitative estimate of drug-likeness (QED) is 0.826. The number of likely N-dealkylation sites (N-methyl/N-ethyl adjacent to an activating group) is 1. The fourth-order valence-corrected chi connectivity index (χ4v) is 3.69. The van der Waals surface area contributed by atoms with Gasteiger partial charge in [-0.05, 0) is 55.3 Å². The number of nitrogens with zero attached hydrogens (tertiary/aromatic N) is 3. The summed E-state index contributed by atoms with van der Waals surface area (Å²) in [4.78, 5) is 2.21. The van der Waals surface area contributed by atoms with Crippen LogP contribution in [-0.4, -0.2) is 41.9 Å². The van der Waals surface area contributed by atoms with E-state index < -0.39 is 0 Å². The van der Waals surface area contributed by atoms with E-state index >= 15 is 0 Å². The number of rotatable bonds is 7. The molecular weight excluding hydrogens is 316 g/mol. The second kappa shape index (κ2) is 7.57. The van der Waals surface area contributed by atoms with Gasteiger partial charge in [-0.15, -0.1) is 0 Å². The average Bonchev–Trinajstić information content (AvgIpc) is 3.04. The summed E-state index contributed by atoms with van der Waals surface area (Å²) in [5, 5.41) is 8.26. The maximum absolute atomic E-state index is 4.57. The van der Waals surface area contributed by atoms with E-state index in [9.17, 15) is 0 Å².